The second-order valence-electron chi connectivity index (χ2n) is 8.68. The highest BCUT2D eigenvalue weighted by atomic mass is 35.5. The molecule has 0 saturated carbocycles. The van der Waals surface area contributed by atoms with Crippen LogP contribution < -0.4 is 14.8 Å². The Hall–Kier alpha value is -3.82. The number of carbonyl (C=O) groups is 2. The minimum absolute atomic E-state index is 0.0245. The monoisotopic (exact) mass is 548 g/mol. The predicted octanol–water partition coefficient (Wildman–Crippen LogP) is 5.54. The summed E-state index contributed by atoms with van der Waals surface area (Å²) < 4.78 is 10.6. The molecule has 3 aromatic carbocycles. The van der Waals surface area contributed by atoms with Gasteiger partial charge < -0.3 is 14.8 Å². The van der Waals surface area contributed by atoms with E-state index in [0.717, 1.165) is 22.6 Å². The Balaban J connectivity index is 1.35. The van der Waals surface area contributed by atoms with Gasteiger partial charge in [0.25, 0.3) is 5.91 Å². The first-order valence-electron chi connectivity index (χ1n) is 11.9. The molecule has 0 saturated heterocycles. The van der Waals surface area contributed by atoms with Crippen LogP contribution in [0.1, 0.15) is 30.0 Å². The zero-order chi connectivity index (χ0) is 26.6. The molecule has 1 N–H and O–H groups in total. The molecular weight excluding hydrogens is 524 g/mol. The molecule has 2 heterocycles. The molecule has 2 atom stereocenters. The lowest BCUT2D eigenvalue weighted by molar-refractivity contribution is -0.121. The number of benzene rings is 3. The molecule has 0 fully saturated rings. The maximum absolute atomic E-state index is 12.8. The maximum Gasteiger partial charge on any atom is 0.262 e. The third-order valence-corrected chi connectivity index (χ3v) is 7.66. The van der Waals surface area contributed by atoms with Crippen LogP contribution in [0.4, 0.5) is 5.69 Å². The highest BCUT2D eigenvalue weighted by Gasteiger charge is 2.39. The van der Waals surface area contributed by atoms with Gasteiger partial charge in [0.05, 0.1) is 31.7 Å². The molecule has 194 valence electrons. The Kier molecular flexibility index (Phi) is 7.67. The van der Waals surface area contributed by atoms with Crippen LogP contribution in [0, 0.1) is 0 Å². The SMILES string of the molecule is COc1ccc([C@H]2CC(c3ccc(Cl)cc3)=NN2C2=NC(=O)[C@@H](CC(=O)Nc3ccccc3OC)S2)cc1. The average Bonchev–Trinajstić information content (AvgIpc) is 3.53. The molecule has 10 heteroatoms. The molecule has 3 aromatic rings. The van der Waals surface area contributed by atoms with Crippen molar-refractivity contribution in [3.8, 4) is 11.5 Å². The first-order valence-corrected chi connectivity index (χ1v) is 13.2. The fourth-order valence-electron chi connectivity index (χ4n) is 4.31. The summed E-state index contributed by atoms with van der Waals surface area (Å²) in [6, 6.07) is 22.2. The van der Waals surface area contributed by atoms with Crippen LogP contribution in [0.2, 0.25) is 5.02 Å². The number of amidine groups is 1. The lowest BCUT2D eigenvalue weighted by Gasteiger charge is -2.23. The number of hydrazone groups is 1. The van der Waals surface area contributed by atoms with Gasteiger partial charge in [0, 0.05) is 17.9 Å². The zero-order valence-corrected chi connectivity index (χ0v) is 22.3. The summed E-state index contributed by atoms with van der Waals surface area (Å²) in [4.78, 5) is 29.9. The van der Waals surface area contributed by atoms with E-state index >= 15 is 0 Å². The summed E-state index contributed by atoms with van der Waals surface area (Å²) in [7, 11) is 3.16. The van der Waals surface area contributed by atoms with Crippen molar-refractivity contribution in [3.63, 3.8) is 0 Å². The largest absolute Gasteiger partial charge is 0.497 e. The molecule has 0 aromatic heterocycles. The fraction of sp³-hybridized carbons (Fsp3) is 0.214. The van der Waals surface area contributed by atoms with Gasteiger partial charge >= 0.3 is 0 Å². The lowest BCUT2D eigenvalue weighted by atomic mass is 9.98. The average molecular weight is 549 g/mol. The highest BCUT2D eigenvalue weighted by molar-refractivity contribution is 8.15. The second-order valence-corrected chi connectivity index (χ2v) is 10.3. The van der Waals surface area contributed by atoms with Crippen LogP contribution in [0.15, 0.2) is 82.9 Å². The molecule has 0 spiro atoms. The molecule has 0 unspecified atom stereocenters. The Morgan fingerprint density at radius 1 is 1.05 bits per heavy atom. The van der Waals surface area contributed by atoms with Crippen molar-refractivity contribution in [1.82, 2.24) is 5.01 Å². The van der Waals surface area contributed by atoms with E-state index in [1.54, 1.807) is 30.3 Å². The predicted molar refractivity (Wildman–Crippen MR) is 150 cm³/mol. The number of hydrogen-bond acceptors (Lipinski definition) is 7. The number of methoxy groups -OCH3 is 2. The summed E-state index contributed by atoms with van der Waals surface area (Å²) in [5, 5.41) is 9.94. The molecular formula is C28H25ClN4O4S. The van der Waals surface area contributed by atoms with Gasteiger partial charge in [0.15, 0.2) is 5.17 Å². The van der Waals surface area contributed by atoms with E-state index in [-0.39, 0.29) is 24.3 Å². The third-order valence-electron chi connectivity index (χ3n) is 6.27. The normalized spacial score (nSPS) is 18.7. The van der Waals surface area contributed by atoms with E-state index in [4.69, 9.17) is 26.2 Å². The number of nitrogens with one attached hydrogen (secondary N) is 1. The molecule has 5 rings (SSSR count). The quantitative estimate of drug-likeness (QED) is 0.417. The number of hydrogen-bond donors (Lipinski definition) is 1. The van der Waals surface area contributed by atoms with E-state index in [0.29, 0.717) is 28.0 Å². The second kappa shape index (κ2) is 11.3. The molecule has 2 amide bonds. The molecule has 2 aliphatic heterocycles. The first kappa shape index (κ1) is 25.8. The summed E-state index contributed by atoms with van der Waals surface area (Å²) in [5.74, 6) is 0.645. The summed E-state index contributed by atoms with van der Waals surface area (Å²) in [5.41, 5.74) is 3.35. The van der Waals surface area contributed by atoms with E-state index in [9.17, 15) is 9.59 Å². The third kappa shape index (κ3) is 5.54. The molecule has 8 nitrogen and oxygen atoms in total. The minimum atomic E-state index is -0.647. The Labute approximate surface area is 229 Å². The van der Waals surface area contributed by atoms with Gasteiger partial charge in [-0.2, -0.15) is 10.1 Å². The highest BCUT2D eigenvalue weighted by Crippen LogP contribution is 2.39. The number of rotatable bonds is 7. The number of halogens is 1. The van der Waals surface area contributed by atoms with Crippen molar-refractivity contribution in [2.24, 2.45) is 10.1 Å². The standard InChI is InChI=1S/C28H25ClN4O4S/c1-36-20-13-9-18(10-14-20)23-15-22(17-7-11-19(29)12-8-17)32-33(23)28-31-27(35)25(38-28)16-26(34)30-21-5-3-4-6-24(21)37-2/h3-14,23,25H,15-16H2,1-2H3,(H,30,34)/t23-,25-/m1/s1. The van der Waals surface area contributed by atoms with Crippen LogP contribution in [-0.2, 0) is 9.59 Å². The van der Waals surface area contributed by atoms with Crippen molar-refractivity contribution in [2.45, 2.75) is 24.1 Å². The van der Waals surface area contributed by atoms with E-state index in [1.165, 1.54) is 18.9 Å². The van der Waals surface area contributed by atoms with Crippen LogP contribution >= 0.6 is 23.4 Å². The number of carbonyl (C=O) groups excluding carboxylic acids is 2. The van der Waals surface area contributed by atoms with Gasteiger partial charge in [0.2, 0.25) is 5.91 Å². The Morgan fingerprint density at radius 3 is 2.50 bits per heavy atom. The van der Waals surface area contributed by atoms with E-state index in [1.807, 2.05) is 54.6 Å². The van der Waals surface area contributed by atoms with Crippen LogP contribution in [0.25, 0.3) is 0 Å². The van der Waals surface area contributed by atoms with Gasteiger partial charge in [-0.1, -0.05) is 59.8 Å². The summed E-state index contributed by atoms with van der Waals surface area (Å²) >= 11 is 7.34. The zero-order valence-electron chi connectivity index (χ0n) is 20.8. The van der Waals surface area contributed by atoms with E-state index in [2.05, 4.69) is 10.3 Å². The van der Waals surface area contributed by atoms with Crippen molar-refractivity contribution in [1.29, 1.82) is 0 Å². The molecule has 0 bridgehead atoms. The van der Waals surface area contributed by atoms with Crippen LogP contribution in [0.5, 0.6) is 11.5 Å². The Bertz CT molecular complexity index is 1410. The molecule has 0 radical (unpaired) electrons. The smallest absolute Gasteiger partial charge is 0.262 e. The number of ether oxygens (including phenoxy) is 2. The maximum atomic E-state index is 12.8. The van der Waals surface area contributed by atoms with Gasteiger partial charge in [-0.05, 0) is 47.5 Å². The van der Waals surface area contributed by atoms with Gasteiger partial charge in [-0.15, -0.1) is 0 Å². The van der Waals surface area contributed by atoms with E-state index < -0.39 is 5.25 Å². The number of para-hydroxylation sites is 2. The number of aliphatic imine (C=N–C) groups is 1. The number of anilines is 1. The lowest BCUT2D eigenvalue weighted by Crippen LogP contribution is -2.25. The fourth-order valence-corrected chi connectivity index (χ4v) is 5.50. The number of nitrogens with zero attached hydrogens (tertiary/aromatic N) is 3. The van der Waals surface area contributed by atoms with Crippen molar-refractivity contribution < 1.29 is 19.1 Å². The van der Waals surface area contributed by atoms with Gasteiger partial charge in [-0.25, -0.2) is 5.01 Å². The van der Waals surface area contributed by atoms with Crippen molar-refractivity contribution >= 4 is 51.7 Å². The van der Waals surface area contributed by atoms with Gasteiger partial charge in [0.1, 0.15) is 16.7 Å². The van der Waals surface area contributed by atoms with Crippen molar-refractivity contribution in [2.75, 3.05) is 19.5 Å². The minimum Gasteiger partial charge on any atom is -0.497 e. The topological polar surface area (TPSA) is 92.6 Å². The first-order chi connectivity index (χ1) is 18.4. The van der Waals surface area contributed by atoms with Crippen molar-refractivity contribution in [3.05, 3.63) is 88.9 Å². The molecule has 2 aliphatic rings. The van der Waals surface area contributed by atoms with Crippen LogP contribution in [0.3, 0.4) is 0 Å². The summed E-state index contributed by atoms with van der Waals surface area (Å²) in [6.45, 7) is 0. The molecule has 38 heavy (non-hydrogen) atoms. The van der Waals surface area contributed by atoms with Crippen LogP contribution in [-0.4, -0.2) is 47.2 Å². The number of thioether (sulfide) groups is 1. The van der Waals surface area contributed by atoms with Gasteiger partial charge in [-0.3, -0.25) is 9.59 Å². The molecule has 0 aliphatic carbocycles. The summed E-state index contributed by atoms with van der Waals surface area (Å²) in [6.07, 6.45) is 0.587. The number of amides is 2. The Morgan fingerprint density at radius 2 is 1.79 bits per heavy atom.